The molecule has 0 saturated carbocycles. The van der Waals surface area contributed by atoms with Crippen LogP contribution in [0.5, 0.6) is 0 Å². The Bertz CT molecular complexity index is 1350. The Morgan fingerprint density at radius 3 is 2.40 bits per heavy atom. The van der Waals surface area contributed by atoms with Crippen molar-refractivity contribution >= 4 is 36.1 Å². The van der Waals surface area contributed by atoms with E-state index in [4.69, 9.17) is 18.9 Å². The van der Waals surface area contributed by atoms with Crippen LogP contribution in [0.25, 0.3) is 6.08 Å². The lowest BCUT2D eigenvalue weighted by atomic mass is 9.89. The summed E-state index contributed by atoms with van der Waals surface area (Å²) in [6.07, 6.45) is 3.55. The van der Waals surface area contributed by atoms with Gasteiger partial charge in [0.05, 0.1) is 32.7 Å². The van der Waals surface area contributed by atoms with Gasteiger partial charge in [-0.25, -0.2) is 14.4 Å². The smallest absolute Gasteiger partial charge is 0.407 e. The van der Waals surface area contributed by atoms with Crippen molar-refractivity contribution in [3.8, 4) is 0 Å². The molecule has 258 valence electrons. The van der Waals surface area contributed by atoms with Gasteiger partial charge in [-0.15, -0.1) is 6.58 Å². The van der Waals surface area contributed by atoms with Crippen molar-refractivity contribution < 1.29 is 42.9 Å². The van der Waals surface area contributed by atoms with E-state index in [9.17, 15) is 24.0 Å². The molecule has 1 aliphatic carbocycles. The molecule has 2 aliphatic rings. The minimum atomic E-state index is -1.34. The maximum atomic E-state index is 14.0. The number of carbonyl (C=O) groups excluding carboxylic acids is 5. The third-order valence-corrected chi connectivity index (χ3v) is 8.14. The number of ether oxygens (including phenoxy) is 4. The molecule has 2 N–H and O–H groups in total. The van der Waals surface area contributed by atoms with Crippen molar-refractivity contribution in [3.63, 3.8) is 0 Å². The summed E-state index contributed by atoms with van der Waals surface area (Å²) >= 11 is 0. The second-order valence-corrected chi connectivity index (χ2v) is 13.8. The second-order valence-electron chi connectivity index (χ2n) is 13.8. The van der Waals surface area contributed by atoms with E-state index >= 15 is 0 Å². The molecular weight excluding hydrogens is 606 g/mol. The fourth-order valence-electron chi connectivity index (χ4n) is 5.69. The van der Waals surface area contributed by atoms with Crippen LogP contribution in [0.2, 0.25) is 0 Å². The zero-order valence-corrected chi connectivity index (χ0v) is 28.4. The molecule has 1 saturated heterocycles. The van der Waals surface area contributed by atoms with Crippen LogP contribution in [-0.4, -0.2) is 85.5 Å². The van der Waals surface area contributed by atoms with Crippen molar-refractivity contribution in [1.82, 2.24) is 15.5 Å². The van der Waals surface area contributed by atoms with Crippen LogP contribution in [0.4, 0.5) is 9.59 Å². The fourth-order valence-corrected chi connectivity index (χ4v) is 5.69. The molecular formula is C35H49N3O9. The predicted molar refractivity (Wildman–Crippen MR) is 175 cm³/mol. The molecule has 12 nitrogen and oxygen atoms in total. The van der Waals surface area contributed by atoms with Gasteiger partial charge >= 0.3 is 24.1 Å². The number of nitrogens with one attached hydrogen (secondary N) is 2. The number of alkyl carbamates (subject to hydrolysis) is 2. The van der Waals surface area contributed by atoms with Gasteiger partial charge in [-0.05, 0) is 68.6 Å². The number of carbonyl (C=O) groups is 5. The molecule has 1 fully saturated rings. The van der Waals surface area contributed by atoms with Gasteiger partial charge in [-0.2, -0.15) is 0 Å². The van der Waals surface area contributed by atoms with E-state index in [1.807, 2.05) is 32.0 Å². The van der Waals surface area contributed by atoms with Gasteiger partial charge < -0.3 is 34.5 Å². The van der Waals surface area contributed by atoms with E-state index < -0.39 is 59.7 Å². The number of amides is 3. The van der Waals surface area contributed by atoms with E-state index in [2.05, 4.69) is 23.8 Å². The average molecular weight is 656 g/mol. The van der Waals surface area contributed by atoms with Crippen molar-refractivity contribution in [3.05, 3.63) is 54.1 Å². The molecule has 0 aromatic heterocycles. The van der Waals surface area contributed by atoms with Crippen LogP contribution in [0, 0.1) is 11.3 Å². The number of hydrogen-bond donors (Lipinski definition) is 2. The predicted octanol–water partition coefficient (Wildman–Crippen LogP) is 4.34. The number of allylic oxidation sites excluding steroid dienone is 1. The Morgan fingerprint density at radius 1 is 1.04 bits per heavy atom. The van der Waals surface area contributed by atoms with Crippen molar-refractivity contribution in [2.75, 3.05) is 26.8 Å². The van der Waals surface area contributed by atoms with Gasteiger partial charge in [0.2, 0.25) is 5.91 Å². The molecule has 12 heteroatoms. The Labute approximate surface area is 277 Å². The molecule has 0 bridgehead atoms. The molecule has 1 aliphatic heterocycles. The number of esters is 2. The number of rotatable bonds is 13. The number of fused-ring (bicyclic) bond motifs is 1. The van der Waals surface area contributed by atoms with Crippen molar-refractivity contribution in [1.29, 1.82) is 0 Å². The summed E-state index contributed by atoms with van der Waals surface area (Å²) in [5.41, 5.74) is 1.93. The van der Waals surface area contributed by atoms with Gasteiger partial charge in [0.15, 0.2) is 0 Å². The fraction of sp³-hybridized carbons (Fsp3) is 0.571. The highest BCUT2D eigenvalue weighted by Gasteiger charge is 2.45. The molecule has 3 amide bonds. The molecule has 1 heterocycles. The first-order valence-corrected chi connectivity index (χ1v) is 15.9. The number of hydrogen-bond acceptors (Lipinski definition) is 9. The van der Waals surface area contributed by atoms with E-state index in [0.717, 1.165) is 29.5 Å². The standard InChI is InChI=1S/C35H49N3O9/c1-9-11-15-35(6,7)21-45-33(43)37-27(19-36-32(42)47-34(3,4)5)29(39)38-20-25(18-28(38)31(41)44-8)46-30(40)24-16-23-14-12-13-22(10-2)26(23)17-24/h9-10,12-14,24-25,27-28H,1-2,11,15-21H2,3-8H3,(H,36,42)(H,37,43)/t24?,25-,27?,28+/m1/s1. The lowest BCUT2D eigenvalue weighted by Crippen LogP contribution is -2.56. The number of methoxy groups -OCH3 is 1. The molecule has 1 aromatic rings. The molecule has 0 spiro atoms. The maximum absolute atomic E-state index is 14.0. The van der Waals surface area contributed by atoms with Crippen LogP contribution in [0.1, 0.15) is 70.6 Å². The Hall–Kier alpha value is -4.35. The van der Waals surface area contributed by atoms with Gasteiger partial charge in [0.1, 0.15) is 23.8 Å². The van der Waals surface area contributed by atoms with Gasteiger partial charge in [0.25, 0.3) is 0 Å². The minimum absolute atomic E-state index is 0.00980. The molecule has 47 heavy (non-hydrogen) atoms. The monoisotopic (exact) mass is 655 g/mol. The van der Waals surface area contributed by atoms with Gasteiger partial charge in [-0.1, -0.05) is 50.8 Å². The van der Waals surface area contributed by atoms with Crippen LogP contribution in [0.15, 0.2) is 37.4 Å². The quantitative estimate of drug-likeness (QED) is 0.180. The largest absolute Gasteiger partial charge is 0.467 e. The van der Waals surface area contributed by atoms with E-state index in [0.29, 0.717) is 12.8 Å². The molecule has 4 atom stereocenters. The van der Waals surface area contributed by atoms with Gasteiger partial charge in [0, 0.05) is 6.42 Å². The summed E-state index contributed by atoms with van der Waals surface area (Å²) in [5, 5.41) is 5.04. The van der Waals surface area contributed by atoms with Crippen molar-refractivity contribution in [2.24, 2.45) is 11.3 Å². The zero-order valence-electron chi connectivity index (χ0n) is 28.4. The number of likely N-dealkylation sites (tertiary alicyclic amines) is 1. The lowest BCUT2D eigenvalue weighted by Gasteiger charge is -2.29. The summed E-state index contributed by atoms with van der Waals surface area (Å²) in [6.45, 7) is 16.1. The van der Waals surface area contributed by atoms with Crippen LogP contribution in [-0.2, 0) is 46.2 Å². The first-order chi connectivity index (χ1) is 22.1. The Balaban J connectivity index is 1.74. The summed E-state index contributed by atoms with van der Waals surface area (Å²) in [4.78, 5) is 66.6. The van der Waals surface area contributed by atoms with E-state index in [-0.39, 0.29) is 31.5 Å². The Kier molecular flexibility index (Phi) is 12.6. The van der Waals surface area contributed by atoms with Crippen LogP contribution >= 0.6 is 0 Å². The highest BCUT2D eigenvalue weighted by Crippen LogP contribution is 2.32. The second kappa shape index (κ2) is 16.0. The molecule has 1 aromatic carbocycles. The Morgan fingerprint density at radius 2 is 1.77 bits per heavy atom. The third kappa shape index (κ3) is 10.6. The number of nitrogens with zero attached hydrogens (tertiary/aromatic N) is 1. The topological polar surface area (TPSA) is 150 Å². The van der Waals surface area contributed by atoms with Crippen LogP contribution < -0.4 is 10.6 Å². The minimum Gasteiger partial charge on any atom is -0.467 e. The highest BCUT2D eigenvalue weighted by atomic mass is 16.6. The summed E-state index contributed by atoms with van der Waals surface area (Å²) in [5.74, 6) is -2.23. The third-order valence-electron chi connectivity index (χ3n) is 8.14. The van der Waals surface area contributed by atoms with Crippen LogP contribution in [0.3, 0.4) is 0 Å². The normalized spacial score (nSPS) is 19.5. The first-order valence-electron chi connectivity index (χ1n) is 15.9. The lowest BCUT2D eigenvalue weighted by molar-refractivity contribution is -0.153. The van der Waals surface area contributed by atoms with E-state index in [1.165, 1.54) is 12.0 Å². The maximum Gasteiger partial charge on any atom is 0.407 e. The summed E-state index contributed by atoms with van der Waals surface area (Å²) < 4.78 is 21.5. The highest BCUT2D eigenvalue weighted by molar-refractivity contribution is 5.91. The average Bonchev–Trinajstić information content (AvgIpc) is 3.64. The first kappa shape index (κ1) is 37.1. The SMILES string of the molecule is C=CCCC(C)(C)COC(=O)NC(CNC(=O)OC(C)(C)C)C(=O)N1C[C@H](OC(=O)C2Cc3cccc(C=C)c3C2)C[C@H]1C(=O)OC. The molecule has 0 radical (unpaired) electrons. The molecule has 3 rings (SSSR count). The van der Waals surface area contributed by atoms with Crippen molar-refractivity contribution in [2.45, 2.75) is 90.5 Å². The zero-order chi connectivity index (χ0) is 34.9. The summed E-state index contributed by atoms with van der Waals surface area (Å²) in [7, 11) is 1.20. The summed E-state index contributed by atoms with van der Waals surface area (Å²) in [6, 6.07) is 3.42. The van der Waals surface area contributed by atoms with Gasteiger partial charge in [-0.3, -0.25) is 9.59 Å². The van der Waals surface area contributed by atoms with E-state index in [1.54, 1.807) is 32.9 Å². The molecule has 2 unspecified atom stereocenters. The number of benzene rings is 1.